The third-order valence-electron chi connectivity index (χ3n) is 9.76. The maximum Gasteiger partial charge on any atom is 0.306 e. The van der Waals surface area contributed by atoms with Gasteiger partial charge in [0.05, 0.1) is 34.0 Å². The highest BCUT2D eigenvalue weighted by atomic mass is 31.2. The summed E-state index contributed by atoms with van der Waals surface area (Å²) in [5, 5.41) is 0. The van der Waals surface area contributed by atoms with E-state index in [0.29, 0.717) is 17.4 Å². The van der Waals surface area contributed by atoms with Crippen LogP contribution in [0.1, 0.15) is 200 Å². The van der Waals surface area contributed by atoms with Gasteiger partial charge in [0, 0.05) is 6.42 Å². The number of rotatable bonds is 42. The summed E-state index contributed by atoms with van der Waals surface area (Å²) in [5.74, 6) is -0.363. The lowest BCUT2D eigenvalue weighted by Crippen LogP contribution is -2.37. The Balaban J connectivity index is 4.27. The molecule has 0 spiro atoms. The zero-order valence-electron chi connectivity index (χ0n) is 36.6. The van der Waals surface area contributed by atoms with Gasteiger partial charge in [-0.1, -0.05) is 167 Å². The van der Waals surface area contributed by atoms with Gasteiger partial charge in [0.25, 0.3) is 7.82 Å². The number of carbonyl (C=O) groups is 1. The van der Waals surface area contributed by atoms with Gasteiger partial charge in [-0.05, 0) is 57.4 Å². The number of hydrogen-bond acceptors (Lipinski definition) is 7. The first kappa shape index (κ1) is 53.6. The molecule has 0 aromatic carbocycles. The number of nitrogens with zero attached hydrogens (tertiary/aromatic N) is 1. The molecule has 0 radical (unpaired) electrons. The topological polar surface area (TPSA) is 94.1 Å². The fourth-order valence-electron chi connectivity index (χ4n) is 6.19. The van der Waals surface area contributed by atoms with E-state index < -0.39 is 13.9 Å². The number of hydrogen-bond donors (Lipinski definition) is 0. The predicted octanol–water partition coefficient (Wildman–Crippen LogP) is 13.1. The summed E-state index contributed by atoms with van der Waals surface area (Å²) < 4.78 is 34.4. The Morgan fingerprint density at radius 2 is 1.02 bits per heavy atom. The maximum atomic E-state index is 12.7. The van der Waals surface area contributed by atoms with Crippen molar-refractivity contribution >= 4 is 13.8 Å². The number of ether oxygens (including phenoxy) is 2. The first-order valence-electron chi connectivity index (χ1n) is 22.8. The van der Waals surface area contributed by atoms with Crippen molar-refractivity contribution in [1.29, 1.82) is 0 Å². The van der Waals surface area contributed by atoms with E-state index in [2.05, 4.69) is 38.2 Å². The highest BCUT2D eigenvalue weighted by molar-refractivity contribution is 7.45. The highest BCUT2D eigenvalue weighted by Crippen LogP contribution is 2.38. The molecule has 0 rings (SSSR count). The lowest BCUT2D eigenvalue weighted by atomic mass is 10.0. The Hall–Kier alpha value is -1.44. The molecule has 1 unspecified atom stereocenters. The molecule has 0 aliphatic rings. The average molecular weight is 798 g/mol. The molecule has 0 saturated carbocycles. The fourth-order valence-corrected chi connectivity index (χ4v) is 6.92. The van der Waals surface area contributed by atoms with Crippen molar-refractivity contribution in [1.82, 2.24) is 0 Å². The van der Waals surface area contributed by atoms with E-state index >= 15 is 0 Å². The molecule has 9 heteroatoms. The minimum absolute atomic E-state index is 0.0153. The lowest BCUT2D eigenvalue weighted by Gasteiger charge is -2.28. The SMILES string of the molecule is CCCCC/C=C\C/C=C\CCCCCCCCCC(=O)O[C@H](CO/C=C\CCCCCCCCCCCCCCCC)COP(=O)([O-])OCC[N+](C)(C)C. The minimum Gasteiger partial charge on any atom is -0.756 e. The predicted molar refractivity (Wildman–Crippen MR) is 231 cm³/mol. The molecule has 0 aromatic rings. The summed E-state index contributed by atoms with van der Waals surface area (Å²) in [7, 11) is 1.32. The van der Waals surface area contributed by atoms with E-state index in [0.717, 1.165) is 44.9 Å². The number of allylic oxidation sites excluding steroid dienone is 5. The second-order valence-corrected chi connectivity index (χ2v) is 17.9. The molecule has 0 N–H and O–H groups in total. The Bertz CT molecular complexity index is 978. The number of phosphoric acid groups is 1. The summed E-state index contributed by atoms with van der Waals surface area (Å²) in [5.41, 5.74) is 0. The number of esters is 1. The van der Waals surface area contributed by atoms with Crippen LogP contribution in [-0.2, 0) is 27.9 Å². The molecule has 2 atom stereocenters. The summed E-state index contributed by atoms with van der Waals surface area (Å²) in [6.07, 6.45) is 46.7. The average Bonchev–Trinajstić information content (AvgIpc) is 3.13. The monoisotopic (exact) mass is 798 g/mol. The van der Waals surface area contributed by atoms with Crippen molar-refractivity contribution in [3.05, 3.63) is 36.6 Å². The van der Waals surface area contributed by atoms with Gasteiger partial charge in [-0.25, -0.2) is 0 Å². The van der Waals surface area contributed by atoms with Crippen molar-refractivity contribution < 1.29 is 37.3 Å². The fraction of sp³-hybridized carbons (Fsp3) is 0.848. The molecule has 8 nitrogen and oxygen atoms in total. The molecule has 0 saturated heterocycles. The lowest BCUT2D eigenvalue weighted by molar-refractivity contribution is -0.870. The second-order valence-electron chi connectivity index (χ2n) is 16.5. The van der Waals surface area contributed by atoms with E-state index in [1.807, 2.05) is 27.2 Å². The highest BCUT2D eigenvalue weighted by Gasteiger charge is 2.20. The summed E-state index contributed by atoms with van der Waals surface area (Å²) in [4.78, 5) is 25.0. The standard InChI is InChI=1S/C46H88NO7P/c1-6-8-10-12-14-16-18-20-22-24-25-27-29-31-33-35-37-39-46(48)54-45(44-53-55(49,50)52-42-40-47(3,4)5)43-51-41-38-36-34-32-30-28-26-23-21-19-17-15-13-11-9-7-2/h14,16,20,22,38,41,45H,6-13,15,17-19,21,23-37,39-40,42-44H2,1-5H3/b16-14-,22-20-,41-38-/t45-/m1/s1. The van der Waals surface area contributed by atoms with Crippen LogP contribution in [0.25, 0.3) is 0 Å². The van der Waals surface area contributed by atoms with Crippen LogP contribution in [0.4, 0.5) is 0 Å². The van der Waals surface area contributed by atoms with Crippen LogP contribution in [0.15, 0.2) is 36.6 Å². The number of phosphoric ester groups is 1. The van der Waals surface area contributed by atoms with Gasteiger partial charge < -0.3 is 27.9 Å². The van der Waals surface area contributed by atoms with Crippen molar-refractivity contribution in [2.24, 2.45) is 0 Å². The van der Waals surface area contributed by atoms with Crippen molar-refractivity contribution in [3.8, 4) is 0 Å². The molecular weight excluding hydrogens is 709 g/mol. The molecule has 0 bridgehead atoms. The molecule has 324 valence electrons. The number of unbranched alkanes of at least 4 members (excludes halogenated alkanes) is 24. The zero-order chi connectivity index (χ0) is 40.6. The molecule has 55 heavy (non-hydrogen) atoms. The Morgan fingerprint density at radius 1 is 0.582 bits per heavy atom. The minimum atomic E-state index is -4.54. The summed E-state index contributed by atoms with van der Waals surface area (Å²) in [6, 6.07) is 0. The van der Waals surface area contributed by atoms with Crippen LogP contribution >= 0.6 is 7.82 Å². The van der Waals surface area contributed by atoms with E-state index in [1.165, 1.54) is 135 Å². The number of quaternary nitrogens is 1. The zero-order valence-corrected chi connectivity index (χ0v) is 37.5. The summed E-state index contributed by atoms with van der Waals surface area (Å²) >= 11 is 0. The van der Waals surface area contributed by atoms with Crippen LogP contribution in [-0.4, -0.2) is 64.1 Å². The quantitative estimate of drug-likeness (QED) is 0.0152. The Labute approximate surface area is 340 Å². The van der Waals surface area contributed by atoms with Gasteiger partial charge in [0.15, 0.2) is 6.10 Å². The molecule has 0 amide bonds. The van der Waals surface area contributed by atoms with E-state index in [1.54, 1.807) is 6.26 Å². The molecule has 0 aromatic heterocycles. The third kappa shape index (κ3) is 43.5. The molecule has 0 aliphatic carbocycles. The Morgan fingerprint density at radius 3 is 1.53 bits per heavy atom. The smallest absolute Gasteiger partial charge is 0.306 e. The van der Waals surface area contributed by atoms with Crippen LogP contribution in [0.2, 0.25) is 0 Å². The van der Waals surface area contributed by atoms with Gasteiger partial charge in [0.1, 0.15) is 19.8 Å². The van der Waals surface area contributed by atoms with Crippen LogP contribution in [0.3, 0.4) is 0 Å². The van der Waals surface area contributed by atoms with Crippen molar-refractivity contribution in [3.63, 3.8) is 0 Å². The number of likely N-dealkylation sites (N-methyl/N-ethyl adjacent to an activating group) is 1. The maximum absolute atomic E-state index is 12.7. The van der Waals surface area contributed by atoms with Gasteiger partial charge in [0.2, 0.25) is 0 Å². The third-order valence-corrected chi connectivity index (χ3v) is 10.7. The largest absolute Gasteiger partial charge is 0.756 e. The molecule has 0 aliphatic heterocycles. The van der Waals surface area contributed by atoms with Gasteiger partial charge in [-0.3, -0.25) is 9.36 Å². The molecule has 0 heterocycles. The van der Waals surface area contributed by atoms with Crippen LogP contribution in [0, 0.1) is 0 Å². The Kier molecular flexibility index (Phi) is 38.4. The van der Waals surface area contributed by atoms with Gasteiger partial charge >= 0.3 is 5.97 Å². The van der Waals surface area contributed by atoms with Crippen molar-refractivity contribution in [2.45, 2.75) is 206 Å². The summed E-state index contributed by atoms with van der Waals surface area (Å²) in [6.45, 7) is 4.72. The van der Waals surface area contributed by atoms with Gasteiger partial charge in [-0.15, -0.1) is 0 Å². The van der Waals surface area contributed by atoms with E-state index in [9.17, 15) is 14.3 Å². The number of carbonyl (C=O) groups excluding carboxylic acids is 1. The van der Waals surface area contributed by atoms with E-state index in [4.69, 9.17) is 18.5 Å². The van der Waals surface area contributed by atoms with Gasteiger partial charge in [-0.2, -0.15) is 0 Å². The van der Waals surface area contributed by atoms with E-state index in [-0.39, 0.29) is 25.8 Å². The van der Waals surface area contributed by atoms with Crippen LogP contribution in [0.5, 0.6) is 0 Å². The molecule has 0 fully saturated rings. The first-order chi connectivity index (χ1) is 26.6. The first-order valence-corrected chi connectivity index (χ1v) is 24.2. The normalized spacial score (nSPS) is 14.0. The van der Waals surface area contributed by atoms with Crippen molar-refractivity contribution in [2.75, 3.05) is 47.5 Å². The van der Waals surface area contributed by atoms with Crippen LogP contribution < -0.4 is 4.89 Å². The second kappa shape index (κ2) is 39.4. The molecular formula is C46H88NO7P.